The second-order valence-corrected chi connectivity index (χ2v) is 3.08. The number of rotatable bonds is 2. The third kappa shape index (κ3) is 4.53. The van der Waals surface area contributed by atoms with Crippen LogP contribution in [-0.2, 0) is 9.68 Å². The first-order valence-electron chi connectivity index (χ1n) is 3.40. The number of hydrogen-bond donors (Lipinski definition) is 0. The van der Waals surface area contributed by atoms with Gasteiger partial charge in [0.05, 0.1) is 5.02 Å². The van der Waals surface area contributed by atoms with E-state index >= 15 is 0 Å². The average molecular weight is 245 g/mol. The first kappa shape index (κ1) is 14.1. The van der Waals surface area contributed by atoms with Crippen LogP contribution in [0.5, 0.6) is 5.75 Å². The molecular formula is C8H7Cl2NaO3. The first-order chi connectivity index (χ1) is 6.09. The molecule has 1 rings (SSSR count). The molecule has 1 aromatic rings. The maximum Gasteiger partial charge on any atom is 1.00 e. The van der Waals surface area contributed by atoms with Gasteiger partial charge in [0.25, 0.3) is 0 Å². The second-order valence-electron chi connectivity index (χ2n) is 2.23. The molecule has 1 aromatic carbocycles. The van der Waals surface area contributed by atoms with Crippen LogP contribution in [0.4, 0.5) is 0 Å². The molecule has 0 bridgehead atoms. The summed E-state index contributed by atoms with van der Waals surface area (Å²) in [4.78, 5) is 19.3. The molecule has 0 spiro atoms. The molecule has 6 heteroatoms. The third-order valence-corrected chi connectivity index (χ3v) is 1.67. The minimum absolute atomic E-state index is 0. The van der Waals surface area contributed by atoms with Crippen molar-refractivity contribution in [3.63, 3.8) is 0 Å². The van der Waals surface area contributed by atoms with Crippen LogP contribution in [0.1, 0.15) is 8.35 Å². The molecule has 0 unspecified atom stereocenters. The Morgan fingerprint density at radius 1 is 1.43 bits per heavy atom. The van der Waals surface area contributed by atoms with E-state index in [1.807, 2.05) is 0 Å². The maximum atomic E-state index is 10.4. The topological polar surface area (TPSA) is 35.5 Å². The van der Waals surface area contributed by atoms with Crippen molar-refractivity contribution in [3.8, 4) is 5.75 Å². The van der Waals surface area contributed by atoms with E-state index in [1.54, 1.807) is 6.07 Å². The molecule has 0 heterocycles. The Morgan fingerprint density at radius 2 is 2.07 bits per heavy atom. The quantitative estimate of drug-likeness (QED) is 0.417. The zero-order valence-electron chi connectivity index (χ0n) is 8.71. The minimum atomic E-state index is -0.550. The number of carbonyl (C=O) groups is 1. The molecular weight excluding hydrogens is 238 g/mol. The van der Waals surface area contributed by atoms with Crippen LogP contribution < -0.4 is 34.4 Å². The summed E-state index contributed by atoms with van der Waals surface area (Å²) < 4.78 is 0. The molecule has 0 atom stereocenters. The largest absolute Gasteiger partial charge is 1.00 e. The van der Waals surface area contributed by atoms with Gasteiger partial charge in [0, 0.05) is 11.9 Å². The van der Waals surface area contributed by atoms with Crippen LogP contribution in [0.3, 0.4) is 0 Å². The predicted octanol–water partition coefficient (Wildman–Crippen LogP) is -0.0332. The number of hydrogen-bond acceptors (Lipinski definition) is 3. The zero-order chi connectivity index (χ0) is 9.84. The molecule has 0 fully saturated rings. The van der Waals surface area contributed by atoms with E-state index in [0.717, 1.165) is 0 Å². The van der Waals surface area contributed by atoms with E-state index in [-0.39, 0.29) is 41.8 Å². The van der Waals surface area contributed by atoms with Crippen molar-refractivity contribution in [2.75, 3.05) is 0 Å². The van der Waals surface area contributed by atoms with Gasteiger partial charge in [-0.3, -0.25) is 9.78 Å². The van der Waals surface area contributed by atoms with E-state index < -0.39 is 5.97 Å². The van der Waals surface area contributed by atoms with Gasteiger partial charge < -0.3 is 1.43 Å². The minimum Gasteiger partial charge on any atom is -1.00 e. The molecule has 0 aliphatic rings. The first-order valence-corrected chi connectivity index (χ1v) is 4.15. The molecule has 0 saturated heterocycles. The van der Waals surface area contributed by atoms with Gasteiger partial charge in [0.15, 0.2) is 5.75 Å². The van der Waals surface area contributed by atoms with Gasteiger partial charge in [-0.1, -0.05) is 23.2 Å². The Kier molecular flexibility index (Phi) is 6.57. The molecule has 0 saturated carbocycles. The van der Waals surface area contributed by atoms with E-state index in [4.69, 9.17) is 23.2 Å². The van der Waals surface area contributed by atoms with E-state index in [2.05, 4.69) is 9.78 Å². The zero-order valence-corrected chi connectivity index (χ0v) is 11.2. The summed E-state index contributed by atoms with van der Waals surface area (Å²) in [6.07, 6.45) is 0. The van der Waals surface area contributed by atoms with Crippen molar-refractivity contribution in [2.45, 2.75) is 6.92 Å². The van der Waals surface area contributed by atoms with Crippen molar-refractivity contribution in [1.82, 2.24) is 0 Å². The van der Waals surface area contributed by atoms with Crippen molar-refractivity contribution in [1.29, 1.82) is 0 Å². The summed E-state index contributed by atoms with van der Waals surface area (Å²) in [5, 5.41) is 0.772. The van der Waals surface area contributed by atoms with Gasteiger partial charge in [0.1, 0.15) is 0 Å². The van der Waals surface area contributed by atoms with Crippen LogP contribution in [0.15, 0.2) is 18.2 Å². The third-order valence-electron chi connectivity index (χ3n) is 1.14. The second kappa shape index (κ2) is 6.53. The summed E-state index contributed by atoms with van der Waals surface area (Å²) in [6.45, 7) is 1.23. The summed E-state index contributed by atoms with van der Waals surface area (Å²) in [5.41, 5.74) is 0. The molecule has 14 heavy (non-hydrogen) atoms. The standard InChI is InChI=1S/C8H6Cl2O3.Na.H/c1-5(11)12-13-8-3-2-6(9)4-7(8)10;;/h2-4H,1H3;;/q;+1;-1. The number of benzene rings is 1. The van der Waals surface area contributed by atoms with Gasteiger partial charge in [0.2, 0.25) is 0 Å². The molecule has 0 aromatic heterocycles. The number of halogens is 2. The summed E-state index contributed by atoms with van der Waals surface area (Å²) >= 11 is 11.3. The van der Waals surface area contributed by atoms with Crippen LogP contribution in [0.25, 0.3) is 0 Å². The SMILES string of the molecule is CC(=O)OOc1ccc(Cl)cc1Cl.[H-].[Na+]. The van der Waals surface area contributed by atoms with Crippen LogP contribution >= 0.6 is 23.2 Å². The molecule has 0 aliphatic carbocycles. The van der Waals surface area contributed by atoms with Crippen molar-refractivity contribution < 1.29 is 45.6 Å². The van der Waals surface area contributed by atoms with Gasteiger partial charge in [-0.15, -0.1) is 0 Å². The van der Waals surface area contributed by atoms with Crippen LogP contribution in [-0.4, -0.2) is 5.97 Å². The molecule has 3 nitrogen and oxygen atoms in total. The Bertz CT molecular complexity index is 336. The Hall–Kier alpha value is 0.0700. The maximum absolute atomic E-state index is 10.4. The fraction of sp³-hybridized carbons (Fsp3) is 0.125. The Morgan fingerprint density at radius 3 is 2.57 bits per heavy atom. The van der Waals surface area contributed by atoms with Gasteiger partial charge in [-0.25, -0.2) is 4.79 Å². The van der Waals surface area contributed by atoms with Crippen molar-refractivity contribution in [2.24, 2.45) is 0 Å². The molecule has 0 aliphatic heterocycles. The molecule has 0 amide bonds. The van der Waals surface area contributed by atoms with Crippen molar-refractivity contribution >= 4 is 29.2 Å². The fourth-order valence-electron chi connectivity index (χ4n) is 0.646. The molecule has 0 radical (unpaired) electrons. The molecule has 0 N–H and O–H groups in total. The van der Waals surface area contributed by atoms with Crippen LogP contribution in [0.2, 0.25) is 10.0 Å². The summed E-state index contributed by atoms with van der Waals surface area (Å²) in [7, 11) is 0. The smallest absolute Gasteiger partial charge is 1.00 e. The summed E-state index contributed by atoms with van der Waals surface area (Å²) in [5.74, 6) is -0.299. The van der Waals surface area contributed by atoms with Gasteiger partial charge in [-0.2, -0.15) is 0 Å². The molecule has 72 valence electrons. The monoisotopic (exact) mass is 244 g/mol. The fourth-order valence-corrected chi connectivity index (χ4v) is 1.09. The summed E-state index contributed by atoms with van der Waals surface area (Å²) in [6, 6.07) is 4.57. The average Bonchev–Trinajstić information content (AvgIpc) is 2.02. The van der Waals surface area contributed by atoms with E-state index in [1.165, 1.54) is 19.1 Å². The van der Waals surface area contributed by atoms with Gasteiger partial charge in [-0.05, 0) is 18.2 Å². The Labute approximate surface area is 115 Å². The van der Waals surface area contributed by atoms with E-state index in [9.17, 15) is 4.79 Å². The predicted molar refractivity (Wildman–Crippen MR) is 50.0 cm³/mol. The van der Waals surface area contributed by atoms with Crippen molar-refractivity contribution in [3.05, 3.63) is 28.2 Å². The Balaban J connectivity index is 0. The van der Waals surface area contributed by atoms with E-state index in [0.29, 0.717) is 5.02 Å². The number of carbonyl (C=O) groups excluding carboxylic acids is 1. The van der Waals surface area contributed by atoms with Crippen LogP contribution in [0, 0.1) is 0 Å². The van der Waals surface area contributed by atoms with Gasteiger partial charge >= 0.3 is 35.5 Å². The normalized spacial score (nSPS) is 8.79.